The Morgan fingerprint density at radius 1 is 0.893 bits per heavy atom. The molecule has 0 saturated carbocycles. The van der Waals surface area contributed by atoms with Crippen LogP contribution in [0.2, 0.25) is 0 Å². The Labute approximate surface area is 315 Å². The van der Waals surface area contributed by atoms with Crippen LogP contribution in [0, 0.1) is 5.92 Å². The van der Waals surface area contributed by atoms with E-state index in [1.165, 1.54) is 6.92 Å². The number of nitrogens with zero attached hydrogens (tertiary/aromatic N) is 4. The summed E-state index contributed by atoms with van der Waals surface area (Å²) in [5.41, 5.74) is 5.81. The minimum Gasteiger partial charge on any atom is -0.462 e. The summed E-state index contributed by atoms with van der Waals surface area (Å²) < 4.78 is 86.3. The number of aromatic nitrogens is 4. The lowest BCUT2D eigenvalue weighted by atomic mass is 9.90. The zero-order valence-electron chi connectivity index (χ0n) is 30.3. The molecule has 0 aliphatic carbocycles. The number of phosphoric ester groups is 2. The number of carbonyl (C=O) groups excluding carboxylic acids is 5. The van der Waals surface area contributed by atoms with Gasteiger partial charge in [-0.05, 0) is 0 Å². The molecule has 3 heterocycles. The van der Waals surface area contributed by atoms with E-state index in [0.29, 0.717) is 0 Å². The number of ether oxygens (including phenoxy) is 6. The smallest absolute Gasteiger partial charge is 0.462 e. The van der Waals surface area contributed by atoms with Crippen molar-refractivity contribution in [2.45, 2.75) is 96.9 Å². The van der Waals surface area contributed by atoms with Gasteiger partial charge in [0.15, 0.2) is 36.1 Å². The van der Waals surface area contributed by atoms with Crippen LogP contribution in [0.15, 0.2) is 12.7 Å². The fourth-order valence-electron chi connectivity index (χ4n) is 5.23. The molecule has 0 spiro atoms. The predicted molar refractivity (Wildman–Crippen MR) is 176 cm³/mol. The van der Waals surface area contributed by atoms with Gasteiger partial charge in [-0.15, -0.1) is 0 Å². The second-order valence-electron chi connectivity index (χ2n) is 11.9. The van der Waals surface area contributed by atoms with Gasteiger partial charge in [0.2, 0.25) is 6.29 Å². The largest absolute Gasteiger partial charge is 0.483 e. The van der Waals surface area contributed by atoms with E-state index in [4.69, 9.17) is 34.2 Å². The number of nitrogens with two attached hydrogens (primary N) is 1. The summed E-state index contributed by atoms with van der Waals surface area (Å²) in [6.45, 7) is 3.91. The fourth-order valence-corrected chi connectivity index (χ4v) is 7.35. The number of rotatable bonds is 19. The van der Waals surface area contributed by atoms with E-state index < -0.39 is 120 Å². The third-order valence-corrected chi connectivity index (χ3v) is 10.1. The van der Waals surface area contributed by atoms with Crippen molar-refractivity contribution in [3.8, 4) is 0 Å². The molecule has 0 radical (unpaired) electrons. The molecule has 6 N–H and O–H groups in total. The zero-order valence-corrected chi connectivity index (χ0v) is 32.1. The van der Waals surface area contributed by atoms with Gasteiger partial charge in [0.1, 0.15) is 42.9 Å². The van der Waals surface area contributed by atoms with E-state index in [2.05, 4.69) is 28.3 Å². The highest BCUT2D eigenvalue weighted by Crippen LogP contribution is 2.61. The molecule has 28 heteroatoms. The SMILES string of the molecule is CC(=O)OC[C@@H](OC(C)=O)C(C)C(OC(C)=O)C(OC(C)=O)C(OC(C)=O)C(O)OP(=O)(O)OP(=O)(O)OCC1OC(n2cnc3c(N)ncnc32)C(F)C1O. The van der Waals surface area contributed by atoms with E-state index in [0.717, 1.165) is 51.8 Å². The van der Waals surface area contributed by atoms with Crippen LogP contribution in [0.5, 0.6) is 0 Å². The van der Waals surface area contributed by atoms with Crippen LogP contribution in [0.25, 0.3) is 11.2 Å². The molecule has 0 bridgehead atoms. The molecule has 1 fully saturated rings. The number of imidazole rings is 1. The number of esters is 5. The standard InChI is InChI=1S/C28H40FN5O20P2/c1-11(17(48-13(3)36)7-46-12(2)35)22(49-14(4)37)23(50-15(5)38)24(51-16(6)39)28(41)53-56(44,45)54-55(42,43)47-8-18-21(40)19(29)27(52-18)34-10-33-20-25(30)31-9-32-26(20)34/h9-11,17-19,21-24,27-28,40-41H,7-8H2,1-6H3,(H,42,43)(H,44,45)(H2,30,31,32)/t11?,17-,18?,19?,21?,22?,23?,24?,27?,28?/m1/s1. The van der Waals surface area contributed by atoms with Gasteiger partial charge in [-0.1, -0.05) is 6.92 Å². The molecule has 2 aromatic heterocycles. The number of hydrogen-bond acceptors (Lipinski definition) is 22. The predicted octanol–water partition coefficient (Wildman–Crippen LogP) is -0.500. The normalized spacial score (nSPS) is 23.6. The number of nitrogen functional groups attached to an aromatic ring is 1. The summed E-state index contributed by atoms with van der Waals surface area (Å²) in [6, 6.07) is 0. The van der Waals surface area contributed by atoms with Crippen LogP contribution >= 0.6 is 15.6 Å². The van der Waals surface area contributed by atoms with Crippen LogP contribution in [0.4, 0.5) is 10.2 Å². The third-order valence-electron chi connectivity index (χ3n) is 7.51. The van der Waals surface area contributed by atoms with E-state index >= 15 is 4.39 Å². The van der Waals surface area contributed by atoms with E-state index in [1.807, 2.05) is 0 Å². The van der Waals surface area contributed by atoms with Crippen molar-refractivity contribution in [2.75, 3.05) is 18.9 Å². The van der Waals surface area contributed by atoms with Crippen molar-refractivity contribution in [1.29, 1.82) is 0 Å². The molecule has 2 aromatic rings. The first-order valence-corrected chi connectivity index (χ1v) is 19.0. The molecule has 1 saturated heterocycles. The van der Waals surface area contributed by atoms with Gasteiger partial charge in [-0.3, -0.25) is 37.6 Å². The average molecular weight is 848 g/mol. The number of alkyl halides is 1. The van der Waals surface area contributed by atoms with Gasteiger partial charge in [0.05, 0.1) is 12.9 Å². The maximum absolute atomic E-state index is 15.1. The van der Waals surface area contributed by atoms with E-state index in [1.54, 1.807) is 0 Å². The minimum absolute atomic E-state index is 0.00912. The molecule has 1 aliphatic rings. The van der Waals surface area contributed by atoms with Crippen molar-refractivity contribution in [3.05, 3.63) is 12.7 Å². The molecule has 56 heavy (non-hydrogen) atoms. The first kappa shape index (κ1) is 46.2. The van der Waals surface area contributed by atoms with Crippen LogP contribution in [-0.2, 0) is 74.9 Å². The Balaban J connectivity index is 1.82. The molecule has 314 valence electrons. The summed E-state index contributed by atoms with van der Waals surface area (Å²) in [5.74, 6) is -6.67. The number of phosphoric acid groups is 2. The number of aliphatic hydroxyl groups is 2. The molecular formula is C28H40FN5O20P2. The van der Waals surface area contributed by atoms with Gasteiger partial charge < -0.3 is 54.2 Å². The number of anilines is 1. The molecule has 3 rings (SSSR count). The van der Waals surface area contributed by atoms with Crippen molar-refractivity contribution in [1.82, 2.24) is 19.5 Å². The molecule has 1 aliphatic heterocycles. The van der Waals surface area contributed by atoms with Gasteiger partial charge in [-0.2, -0.15) is 4.31 Å². The number of carbonyl (C=O) groups is 5. The van der Waals surface area contributed by atoms with Gasteiger partial charge in [0.25, 0.3) is 0 Å². The topological polar surface area (TPSA) is 353 Å². The molecule has 25 nitrogen and oxygen atoms in total. The van der Waals surface area contributed by atoms with Crippen molar-refractivity contribution in [3.63, 3.8) is 0 Å². The Bertz CT molecular complexity index is 1850. The number of hydrogen-bond donors (Lipinski definition) is 5. The second-order valence-corrected chi connectivity index (χ2v) is 14.9. The van der Waals surface area contributed by atoms with Crippen LogP contribution in [0.3, 0.4) is 0 Å². The number of fused-ring (bicyclic) bond motifs is 1. The van der Waals surface area contributed by atoms with Crippen molar-refractivity contribution >= 4 is 62.5 Å². The summed E-state index contributed by atoms with van der Waals surface area (Å²) >= 11 is 0. The Morgan fingerprint density at radius 3 is 2.04 bits per heavy atom. The summed E-state index contributed by atoms with van der Waals surface area (Å²) in [4.78, 5) is 92.2. The van der Waals surface area contributed by atoms with Crippen molar-refractivity contribution in [2.24, 2.45) is 5.92 Å². The monoisotopic (exact) mass is 847 g/mol. The van der Waals surface area contributed by atoms with E-state index in [9.17, 15) is 53.1 Å². The van der Waals surface area contributed by atoms with Gasteiger partial charge in [-0.25, -0.2) is 28.5 Å². The van der Waals surface area contributed by atoms with Crippen LogP contribution < -0.4 is 5.73 Å². The van der Waals surface area contributed by atoms with Gasteiger partial charge >= 0.3 is 45.5 Å². The molecule has 12 atom stereocenters. The summed E-state index contributed by atoms with van der Waals surface area (Å²) in [6.07, 6.45) is -16.3. The first-order valence-electron chi connectivity index (χ1n) is 16.0. The number of aliphatic hydroxyl groups excluding tert-OH is 2. The minimum atomic E-state index is -6.03. The van der Waals surface area contributed by atoms with Crippen LogP contribution in [0.1, 0.15) is 47.8 Å². The fraction of sp³-hybridized carbons (Fsp3) is 0.643. The lowest BCUT2D eigenvalue weighted by molar-refractivity contribution is -0.222. The lowest BCUT2D eigenvalue weighted by Crippen LogP contribution is -2.55. The van der Waals surface area contributed by atoms with Crippen LogP contribution in [-0.4, -0.2) is 132 Å². The highest BCUT2D eigenvalue weighted by atomic mass is 31.3. The van der Waals surface area contributed by atoms with Gasteiger partial charge in [0, 0.05) is 40.5 Å². The van der Waals surface area contributed by atoms with E-state index in [-0.39, 0.29) is 17.0 Å². The lowest BCUT2D eigenvalue weighted by Gasteiger charge is -2.38. The average Bonchev–Trinajstić information content (AvgIpc) is 3.61. The highest BCUT2D eigenvalue weighted by molar-refractivity contribution is 7.61. The second kappa shape index (κ2) is 19.3. The molecule has 0 amide bonds. The Kier molecular flexibility index (Phi) is 15.9. The van der Waals surface area contributed by atoms with Crippen molar-refractivity contribution < 1.29 is 99.3 Å². The Hall–Kier alpha value is -4.23. The summed E-state index contributed by atoms with van der Waals surface area (Å²) in [7, 11) is -11.8. The first-order chi connectivity index (χ1) is 25.9. The molecule has 11 unspecified atom stereocenters. The third kappa shape index (κ3) is 12.6. The maximum atomic E-state index is 15.1. The highest BCUT2D eigenvalue weighted by Gasteiger charge is 2.51. The summed E-state index contributed by atoms with van der Waals surface area (Å²) in [5, 5.41) is 21.4. The Morgan fingerprint density at radius 2 is 1.46 bits per heavy atom. The quantitative estimate of drug-likeness (QED) is 0.0515. The molecular weight excluding hydrogens is 807 g/mol. The molecule has 0 aromatic carbocycles. The maximum Gasteiger partial charge on any atom is 0.483 e. The zero-order chi connectivity index (χ0) is 42.3. The number of halogens is 1.